The van der Waals surface area contributed by atoms with E-state index < -0.39 is 19.2 Å². The standard InChI is InChI=1S/C21H28BN3O5/c1-15(2)11-17(13-23)20(26)25-10-6-9-18(25)14-30-21(27)24-19(22(28)29)12-16-7-4-3-5-8-16/h3-5,7-8,11,15,18-19,28-29H,6,9-10,12,14H2,1-2H3,(H,24,27)/t18-,19+/m1/s1. The van der Waals surface area contributed by atoms with Crippen molar-refractivity contribution in [2.45, 2.75) is 45.1 Å². The summed E-state index contributed by atoms with van der Waals surface area (Å²) in [7, 11) is -1.75. The summed E-state index contributed by atoms with van der Waals surface area (Å²) in [6.07, 6.45) is 2.49. The van der Waals surface area contributed by atoms with E-state index in [0.717, 1.165) is 12.0 Å². The Balaban J connectivity index is 1.92. The lowest BCUT2D eigenvalue weighted by atomic mass is 9.76. The lowest BCUT2D eigenvalue weighted by Crippen LogP contribution is -2.49. The SMILES string of the molecule is CC(C)C=C(C#N)C(=O)N1CCC[C@@H]1COC(=O)N[C@@H](Cc1ccccc1)B(O)O. The first-order chi connectivity index (χ1) is 14.3. The topological polar surface area (TPSA) is 123 Å². The van der Waals surface area contributed by atoms with Crippen LogP contribution in [0.2, 0.25) is 0 Å². The fraction of sp³-hybridized carbons (Fsp3) is 0.476. The quantitative estimate of drug-likeness (QED) is 0.337. The molecule has 0 bridgehead atoms. The number of amides is 2. The number of ether oxygens (including phenoxy) is 1. The summed E-state index contributed by atoms with van der Waals surface area (Å²) in [5.74, 6) is -1.22. The number of benzene rings is 1. The van der Waals surface area contributed by atoms with Gasteiger partial charge in [-0.3, -0.25) is 4.79 Å². The molecule has 0 unspecified atom stereocenters. The minimum atomic E-state index is -1.75. The molecule has 160 valence electrons. The largest absolute Gasteiger partial charge is 0.475 e. The summed E-state index contributed by atoms with van der Waals surface area (Å²) >= 11 is 0. The number of likely N-dealkylation sites (tertiary alicyclic amines) is 1. The van der Waals surface area contributed by atoms with Gasteiger partial charge in [0, 0.05) is 6.54 Å². The lowest BCUT2D eigenvalue weighted by molar-refractivity contribution is -0.128. The van der Waals surface area contributed by atoms with Crippen molar-refractivity contribution < 1.29 is 24.4 Å². The monoisotopic (exact) mass is 413 g/mol. The zero-order valence-corrected chi connectivity index (χ0v) is 17.3. The maximum absolute atomic E-state index is 12.7. The summed E-state index contributed by atoms with van der Waals surface area (Å²) in [6.45, 7) is 4.25. The third-order valence-electron chi connectivity index (χ3n) is 4.86. The molecular formula is C21H28BN3O5. The van der Waals surface area contributed by atoms with Gasteiger partial charge in [0.2, 0.25) is 0 Å². The highest BCUT2D eigenvalue weighted by atomic mass is 16.5. The van der Waals surface area contributed by atoms with Crippen LogP contribution in [-0.2, 0) is 16.0 Å². The molecule has 0 spiro atoms. The second-order valence-electron chi connectivity index (χ2n) is 7.68. The Labute approximate surface area is 177 Å². The van der Waals surface area contributed by atoms with Crippen LogP contribution in [0, 0.1) is 17.2 Å². The Bertz CT molecular complexity index is 792. The first kappa shape index (κ1) is 23.5. The van der Waals surface area contributed by atoms with Gasteiger partial charge in [0.1, 0.15) is 18.2 Å². The highest BCUT2D eigenvalue weighted by Gasteiger charge is 2.32. The van der Waals surface area contributed by atoms with Gasteiger partial charge in [-0.1, -0.05) is 50.3 Å². The van der Waals surface area contributed by atoms with Crippen LogP contribution >= 0.6 is 0 Å². The lowest BCUT2D eigenvalue weighted by Gasteiger charge is -2.25. The maximum atomic E-state index is 12.7. The molecule has 2 atom stereocenters. The Hall–Kier alpha value is -2.83. The van der Waals surface area contributed by atoms with Gasteiger partial charge in [-0.2, -0.15) is 5.26 Å². The number of carbonyl (C=O) groups excluding carboxylic acids is 2. The van der Waals surface area contributed by atoms with Crippen LogP contribution in [0.5, 0.6) is 0 Å². The molecule has 0 aromatic heterocycles. The molecule has 30 heavy (non-hydrogen) atoms. The van der Waals surface area contributed by atoms with Gasteiger partial charge >= 0.3 is 13.2 Å². The van der Waals surface area contributed by atoms with Gasteiger partial charge in [0.05, 0.1) is 12.0 Å². The normalized spacial score (nSPS) is 17.4. The fourth-order valence-electron chi connectivity index (χ4n) is 3.38. The number of nitriles is 1. The minimum Gasteiger partial charge on any atom is -0.447 e. The van der Waals surface area contributed by atoms with Gasteiger partial charge in [-0.15, -0.1) is 0 Å². The van der Waals surface area contributed by atoms with E-state index in [-0.39, 0.29) is 36.5 Å². The number of rotatable bonds is 8. The molecule has 0 saturated carbocycles. The van der Waals surface area contributed by atoms with E-state index in [1.165, 1.54) is 0 Å². The molecule has 0 aliphatic carbocycles. The van der Waals surface area contributed by atoms with Crippen molar-refractivity contribution in [1.29, 1.82) is 5.26 Å². The Morgan fingerprint density at radius 1 is 1.37 bits per heavy atom. The number of nitrogens with zero attached hydrogens (tertiary/aromatic N) is 2. The fourth-order valence-corrected chi connectivity index (χ4v) is 3.38. The summed E-state index contributed by atoms with van der Waals surface area (Å²) in [6, 6.07) is 10.8. The van der Waals surface area contributed by atoms with E-state index in [2.05, 4.69) is 5.32 Å². The van der Waals surface area contributed by atoms with Gasteiger partial charge < -0.3 is 25.0 Å². The van der Waals surface area contributed by atoms with Crippen LogP contribution in [0.4, 0.5) is 4.79 Å². The number of carbonyl (C=O) groups is 2. The second kappa shape index (κ2) is 11.4. The van der Waals surface area contributed by atoms with Crippen molar-refractivity contribution in [3.63, 3.8) is 0 Å². The van der Waals surface area contributed by atoms with Crippen LogP contribution < -0.4 is 5.32 Å². The van der Waals surface area contributed by atoms with Crippen molar-refractivity contribution in [2.75, 3.05) is 13.2 Å². The van der Waals surface area contributed by atoms with Gasteiger partial charge in [-0.25, -0.2) is 4.79 Å². The summed E-state index contributed by atoms with van der Waals surface area (Å²) in [5.41, 5.74) is 0.928. The molecule has 1 aromatic carbocycles. The number of nitrogens with one attached hydrogen (secondary N) is 1. The van der Waals surface area contributed by atoms with Crippen molar-refractivity contribution in [1.82, 2.24) is 10.2 Å². The van der Waals surface area contributed by atoms with E-state index in [9.17, 15) is 24.9 Å². The molecule has 1 heterocycles. The molecule has 1 aromatic rings. The number of alkyl carbamates (subject to hydrolysis) is 1. The first-order valence-electron chi connectivity index (χ1n) is 10.1. The highest BCUT2D eigenvalue weighted by molar-refractivity contribution is 6.43. The zero-order chi connectivity index (χ0) is 22.1. The van der Waals surface area contributed by atoms with Crippen LogP contribution in [0.3, 0.4) is 0 Å². The molecule has 1 aliphatic heterocycles. The average molecular weight is 413 g/mol. The van der Waals surface area contributed by atoms with E-state index in [4.69, 9.17) is 4.74 Å². The average Bonchev–Trinajstić information content (AvgIpc) is 3.18. The van der Waals surface area contributed by atoms with E-state index in [1.54, 1.807) is 11.0 Å². The first-order valence-corrected chi connectivity index (χ1v) is 10.1. The molecule has 2 amide bonds. The number of hydrogen-bond acceptors (Lipinski definition) is 6. The van der Waals surface area contributed by atoms with Crippen LogP contribution in [-0.4, -0.2) is 59.2 Å². The molecular weight excluding hydrogens is 385 g/mol. The predicted octanol–water partition coefficient (Wildman–Crippen LogP) is 1.43. The van der Waals surface area contributed by atoms with Gasteiger partial charge in [-0.05, 0) is 30.7 Å². The number of hydrogen-bond donors (Lipinski definition) is 3. The van der Waals surface area contributed by atoms with E-state index in [1.807, 2.05) is 50.2 Å². The summed E-state index contributed by atoms with van der Waals surface area (Å²) < 4.78 is 5.25. The third kappa shape index (κ3) is 6.90. The molecule has 2 rings (SSSR count). The van der Waals surface area contributed by atoms with Crippen LogP contribution in [0.25, 0.3) is 0 Å². The van der Waals surface area contributed by atoms with Crippen LogP contribution in [0.15, 0.2) is 42.0 Å². The van der Waals surface area contributed by atoms with Gasteiger partial charge in [0.25, 0.3) is 5.91 Å². The molecule has 3 N–H and O–H groups in total. The van der Waals surface area contributed by atoms with Crippen molar-refractivity contribution >= 4 is 19.1 Å². The van der Waals surface area contributed by atoms with Gasteiger partial charge in [0.15, 0.2) is 0 Å². The molecule has 1 saturated heterocycles. The highest BCUT2D eigenvalue weighted by Crippen LogP contribution is 2.20. The second-order valence-corrected chi connectivity index (χ2v) is 7.68. The summed E-state index contributed by atoms with van der Waals surface area (Å²) in [5, 5.41) is 30.9. The summed E-state index contributed by atoms with van der Waals surface area (Å²) in [4.78, 5) is 26.4. The Morgan fingerprint density at radius 2 is 2.07 bits per heavy atom. The zero-order valence-electron chi connectivity index (χ0n) is 17.3. The number of allylic oxidation sites excluding steroid dienone is 1. The molecule has 0 radical (unpaired) electrons. The van der Waals surface area contributed by atoms with Crippen molar-refractivity contribution in [2.24, 2.45) is 5.92 Å². The predicted molar refractivity (Wildman–Crippen MR) is 112 cm³/mol. The third-order valence-corrected chi connectivity index (χ3v) is 4.86. The maximum Gasteiger partial charge on any atom is 0.475 e. The van der Waals surface area contributed by atoms with E-state index >= 15 is 0 Å². The van der Waals surface area contributed by atoms with Crippen molar-refractivity contribution in [3.8, 4) is 6.07 Å². The molecule has 1 fully saturated rings. The Morgan fingerprint density at radius 3 is 2.67 bits per heavy atom. The molecule has 1 aliphatic rings. The van der Waals surface area contributed by atoms with Crippen LogP contribution in [0.1, 0.15) is 32.3 Å². The smallest absolute Gasteiger partial charge is 0.447 e. The molecule has 9 heteroatoms. The molecule has 8 nitrogen and oxygen atoms in total. The van der Waals surface area contributed by atoms with E-state index in [0.29, 0.717) is 13.0 Å². The minimum absolute atomic E-state index is 0.0302. The Kier molecular flexibility index (Phi) is 8.90. The van der Waals surface area contributed by atoms with Crippen molar-refractivity contribution in [3.05, 3.63) is 47.5 Å².